The van der Waals surface area contributed by atoms with E-state index < -0.39 is 15.9 Å². The SMILES string of the molecule is C=CCNC(=O)CN(Cc1ccccc1)S(=O)(=O)c1cc(Cl)ccc1Cl. The van der Waals surface area contributed by atoms with Gasteiger partial charge in [-0.3, -0.25) is 4.79 Å². The Morgan fingerprint density at radius 3 is 2.50 bits per heavy atom. The van der Waals surface area contributed by atoms with Crippen LogP contribution in [0, 0.1) is 0 Å². The van der Waals surface area contributed by atoms with Crippen LogP contribution in [0.4, 0.5) is 0 Å². The zero-order valence-electron chi connectivity index (χ0n) is 13.9. The van der Waals surface area contributed by atoms with Gasteiger partial charge in [0.1, 0.15) is 4.90 Å². The van der Waals surface area contributed by atoms with Crippen LogP contribution in [0.5, 0.6) is 0 Å². The van der Waals surface area contributed by atoms with Gasteiger partial charge in [-0.2, -0.15) is 4.31 Å². The largest absolute Gasteiger partial charge is 0.351 e. The van der Waals surface area contributed by atoms with Crippen LogP contribution in [0.1, 0.15) is 5.56 Å². The van der Waals surface area contributed by atoms with Crippen molar-refractivity contribution in [1.82, 2.24) is 9.62 Å². The minimum atomic E-state index is -4.04. The van der Waals surface area contributed by atoms with Gasteiger partial charge in [0.25, 0.3) is 0 Å². The van der Waals surface area contributed by atoms with E-state index in [2.05, 4.69) is 11.9 Å². The summed E-state index contributed by atoms with van der Waals surface area (Å²) in [7, 11) is -4.04. The molecule has 0 aliphatic heterocycles. The molecule has 1 N–H and O–H groups in total. The van der Waals surface area contributed by atoms with Crippen molar-refractivity contribution in [2.45, 2.75) is 11.4 Å². The third-order valence-electron chi connectivity index (χ3n) is 3.48. The molecule has 2 aromatic carbocycles. The highest BCUT2D eigenvalue weighted by Crippen LogP contribution is 2.28. The molecule has 0 spiro atoms. The highest BCUT2D eigenvalue weighted by molar-refractivity contribution is 7.89. The Kier molecular flexibility index (Phi) is 7.23. The van der Waals surface area contributed by atoms with Gasteiger partial charge >= 0.3 is 0 Å². The average molecular weight is 413 g/mol. The molecule has 0 saturated carbocycles. The summed E-state index contributed by atoms with van der Waals surface area (Å²) in [6.07, 6.45) is 1.52. The highest BCUT2D eigenvalue weighted by atomic mass is 35.5. The highest BCUT2D eigenvalue weighted by Gasteiger charge is 2.29. The molecule has 2 aromatic rings. The number of rotatable bonds is 8. The predicted octanol–water partition coefficient (Wildman–Crippen LogP) is 3.49. The third kappa shape index (κ3) is 5.32. The molecule has 0 heterocycles. The van der Waals surface area contributed by atoms with Crippen molar-refractivity contribution in [3.63, 3.8) is 0 Å². The van der Waals surface area contributed by atoms with Crippen LogP contribution in [0.3, 0.4) is 0 Å². The summed E-state index contributed by atoms with van der Waals surface area (Å²) in [4.78, 5) is 12.0. The van der Waals surface area contributed by atoms with Crippen LogP contribution in [-0.2, 0) is 21.4 Å². The Labute approximate surface area is 163 Å². The topological polar surface area (TPSA) is 66.5 Å². The molecule has 0 aliphatic carbocycles. The Bertz CT molecular complexity index is 887. The quantitative estimate of drug-likeness (QED) is 0.674. The first-order valence-electron chi connectivity index (χ1n) is 7.71. The van der Waals surface area contributed by atoms with Crippen LogP contribution in [0.25, 0.3) is 0 Å². The standard InChI is InChI=1S/C18H18Cl2N2O3S/c1-2-10-21-18(23)13-22(12-14-6-4-3-5-7-14)26(24,25)17-11-15(19)8-9-16(17)20/h2-9,11H,1,10,12-13H2,(H,21,23). The third-order valence-corrected chi connectivity index (χ3v) is 5.98. The number of sulfonamides is 1. The molecule has 5 nitrogen and oxygen atoms in total. The van der Waals surface area contributed by atoms with Crippen molar-refractivity contribution in [3.8, 4) is 0 Å². The normalized spacial score (nSPS) is 11.3. The molecule has 0 saturated heterocycles. The number of carbonyl (C=O) groups excluding carboxylic acids is 1. The van der Waals surface area contributed by atoms with E-state index in [1.165, 1.54) is 24.3 Å². The van der Waals surface area contributed by atoms with Crippen molar-refractivity contribution in [1.29, 1.82) is 0 Å². The summed E-state index contributed by atoms with van der Waals surface area (Å²) >= 11 is 12.0. The summed E-state index contributed by atoms with van der Waals surface area (Å²) in [6.45, 7) is 3.43. The van der Waals surface area contributed by atoms with Crippen LogP contribution < -0.4 is 5.32 Å². The maximum Gasteiger partial charge on any atom is 0.245 e. The fourth-order valence-corrected chi connectivity index (χ4v) is 4.35. The van der Waals surface area contributed by atoms with Gasteiger partial charge in [0.15, 0.2) is 0 Å². The lowest BCUT2D eigenvalue weighted by atomic mass is 10.2. The number of halogens is 2. The monoisotopic (exact) mass is 412 g/mol. The Morgan fingerprint density at radius 1 is 1.15 bits per heavy atom. The summed E-state index contributed by atoms with van der Waals surface area (Å²) in [5, 5.41) is 2.86. The number of amides is 1. The molecule has 0 atom stereocenters. The van der Waals surface area contributed by atoms with Gasteiger partial charge in [0, 0.05) is 18.1 Å². The van der Waals surface area contributed by atoms with Crippen molar-refractivity contribution in [3.05, 3.63) is 76.8 Å². The first-order valence-corrected chi connectivity index (χ1v) is 9.91. The fourth-order valence-electron chi connectivity index (χ4n) is 2.23. The summed E-state index contributed by atoms with van der Waals surface area (Å²) in [6, 6.07) is 13.2. The molecule has 138 valence electrons. The second-order valence-corrected chi connectivity index (χ2v) is 8.18. The molecule has 2 rings (SSSR count). The van der Waals surface area contributed by atoms with Crippen LogP contribution in [-0.4, -0.2) is 31.7 Å². The Hall–Kier alpha value is -1.86. The van der Waals surface area contributed by atoms with E-state index in [0.717, 1.165) is 9.87 Å². The van der Waals surface area contributed by atoms with E-state index in [1.807, 2.05) is 6.07 Å². The molecule has 0 aromatic heterocycles. The smallest absolute Gasteiger partial charge is 0.245 e. The number of hydrogen-bond donors (Lipinski definition) is 1. The van der Waals surface area contributed by atoms with Crippen LogP contribution in [0.15, 0.2) is 66.1 Å². The van der Waals surface area contributed by atoms with Gasteiger partial charge in [-0.1, -0.05) is 59.6 Å². The first-order chi connectivity index (χ1) is 12.3. The van der Waals surface area contributed by atoms with Gasteiger partial charge in [0.2, 0.25) is 15.9 Å². The van der Waals surface area contributed by atoms with Gasteiger partial charge in [-0.15, -0.1) is 6.58 Å². The van der Waals surface area contributed by atoms with E-state index in [4.69, 9.17) is 23.2 Å². The van der Waals surface area contributed by atoms with Gasteiger partial charge in [-0.25, -0.2) is 8.42 Å². The summed E-state index contributed by atoms with van der Waals surface area (Å²) in [5.74, 6) is -0.442. The van der Waals surface area contributed by atoms with E-state index >= 15 is 0 Å². The lowest BCUT2D eigenvalue weighted by Crippen LogP contribution is -2.40. The van der Waals surface area contributed by atoms with E-state index in [0.29, 0.717) is 0 Å². The van der Waals surface area contributed by atoms with E-state index in [1.54, 1.807) is 24.3 Å². The Morgan fingerprint density at radius 2 is 1.85 bits per heavy atom. The Balaban J connectivity index is 2.39. The van der Waals surface area contributed by atoms with Gasteiger partial charge < -0.3 is 5.32 Å². The molecule has 8 heteroatoms. The maximum atomic E-state index is 13.1. The predicted molar refractivity (Wildman–Crippen MR) is 104 cm³/mol. The van der Waals surface area contributed by atoms with Gasteiger partial charge in [-0.05, 0) is 23.8 Å². The second kappa shape index (κ2) is 9.19. The van der Waals surface area contributed by atoms with Crippen molar-refractivity contribution >= 4 is 39.1 Å². The number of nitrogens with zero attached hydrogens (tertiary/aromatic N) is 1. The van der Waals surface area contributed by atoms with Crippen molar-refractivity contribution in [2.24, 2.45) is 0 Å². The fraction of sp³-hybridized carbons (Fsp3) is 0.167. The van der Waals surface area contributed by atoms with E-state index in [9.17, 15) is 13.2 Å². The zero-order chi connectivity index (χ0) is 19.2. The molecule has 0 aliphatic rings. The van der Waals surface area contributed by atoms with Crippen molar-refractivity contribution < 1.29 is 13.2 Å². The summed E-state index contributed by atoms with van der Waals surface area (Å²) < 4.78 is 27.3. The number of benzene rings is 2. The molecule has 0 unspecified atom stereocenters. The summed E-state index contributed by atoms with van der Waals surface area (Å²) in [5.41, 5.74) is 0.741. The minimum absolute atomic E-state index is 0.0214. The first kappa shape index (κ1) is 20.5. The number of hydrogen-bond acceptors (Lipinski definition) is 3. The molecular formula is C18H18Cl2N2O3S. The lowest BCUT2D eigenvalue weighted by Gasteiger charge is -2.22. The minimum Gasteiger partial charge on any atom is -0.351 e. The molecular weight excluding hydrogens is 395 g/mol. The maximum absolute atomic E-state index is 13.1. The average Bonchev–Trinajstić information content (AvgIpc) is 2.62. The number of nitrogens with one attached hydrogen (secondary N) is 1. The molecule has 1 amide bonds. The van der Waals surface area contributed by atoms with Gasteiger partial charge in [0.05, 0.1) is 11.6 Å². The second-order valence-electron chi connectivity index (χ2n) is 5.43. The molecule has 0 bridgehead atoms. The zero-order valence-corrected chi connectivity index (χ0v) is 16.2. The van der Waals surface area contributed by atoms with Crippen molar-refractivity contribution in [2.75, 3.05) is 13.1 Å². The number of carbonyl (C=O) groups is 1. The van der Waals surface area contributed by atoms with E-state index in [-0.39, 0.29) is 34.6 Å². The van der Waals surface area contributed by atoms with Crippen LogP contribution >= 0.6 is 23.2 Å². The molecule has 26 heavy (non-hydrogen) atoms. The molecule has 0 fully saturated rings. The van der Waals surface area contributed by atoms with Crippen LogP contribution in [0.2, 0.25) is 10.0 Å². The molecule has 0 radical (unpaired) electrons. The lowest BCUT2D eigenvalue weighted by molar-refractivity contribution is -0.121.